The highest BCUT2D eigenvalue weighted by atomic mass is 79.9. The van der Waals surface area contributed by atoms with Crippen LogP contribution in [-0.2, 0) is 0 Å². The zero-order valence-electron chi connectivity index (χ0n) is 8.94. The van der Waals surface area contributed by atoms with Gasteiger partial charge < -0.3 is 4.90 Å². The van der Waals surface area contributed by atoms with Crippen molar-refractivity contribution in [3.8, 4) is 6.07 Å². The van der Waals surface area contributed by atoms with E-state index >= 15 is 0 Å². The second-order valence-corrected chi connectivity index (χ2v) is 5.10. The van der Waals surface area contributed by atoms with Crippen molar-refractivity contribution >= 4 is 32.3 Å². The molecule has 86 valence electrons. The van der Waals surface area contributed by atoms with E-state index in [-0.39, 0.29) is 6.54 Å². The Bertz CT molecular complexity index is 399. The first kappa shape index (κ1) is 13.1. The number of hydrogen-bond acceptors (Lipinski definition) is 5. The SMILES string of the molecule is CCCN(CCN=O)c1cc(Br)c(C#N)s1. The minimum Gasteiger partial charge on any atom is -0.361 e. The maximum atomic E-state index is 10.1. The van der Waals surface area contributed by atoms with Gasteiger partial charge in [0.2, 0.25) is 0 Å². The Morgan fingerprint density at radius 1 is 1.62 bits per heavy atom. The number of thiophene rings is 1. The number of nitroso groups, excluding NO2 is 1. The van der Waals surface area contributed by atoms with Gasteiger partial charge in [0.15, 0.2) is 0 Å². The fourth-order valence-electron chi connectivity index (χ4n) is 1.35. The third kappa shape index (κ3) is 3.29. The molecule has 0 spiro atoms. The van der Waals surface area contributed by atoms with Crippen LogP contribution in [0.4, 0.5) is 5.00 Å². The van der Waals surface area contributed by atoms with Crippen molar-refractivity contribution in [3.63, 3.8) is 0 Å². The minimum absolute atomic E-state index is 0.275. The van der Waals surface area contributed by atoms with Crippen molar-refractivity contribution in [1.82, 2.24) is 0 Å². The van der Waals surface area contributed by atoms with Crippen LogP contribution in [0.1, 0.15) is 18.2 Å². The van der Waals surface area contributed by atoms with Gasteiger partial charge in [0.05, 0.1) is 11.5 Å². The number of hydrogen-bond donors (Lipinski definition) is 0. The molecule has 0 aliphatic heterocycles. The minimum atomic E-state index is 0.275. The lowest BCUT2D eigenvalue weighted by molar-refractivity contribution is 0.767. The number of nitriles is 1. The summed E-state index contributed by atoms with van der Waals surface area (Å²) in [5.41, 5.74) is 0. The first-order chi connectivity index (χ1) is 7.72. The quantitative estimate of drug-likeness (QED) is 0.757. The van der Waals surface area contributed by atoms with Crippen molar-refractivity contribution in [3.05, 3.63) is 20.3 Å². The number of halogens is 1. The first-order valence-corrected chi connectivity index (χ1v) is 6.57. The van der Waals surface area contributed by atoms with Crippen LogP contribution in [0.15, 0.2) is 15.7 Å². The van der Waals surface area contributed by atoms with Gasteiger partial charge in [-0.2, -0.15) is 10.2 Å². The summed E-state index contributed by atoms with van der Waals surface area (Å²) in [7, 11) is 0. The second-order valence-electron chi connectivity index (χ2n) is 3.21. The third-order valence-corrected chi connectivity index (χ3v) is 4.03. The van der Waals surface area contributed by atoms with E-state index in [2.05, 4.69) is 39.0 Å². The van der Waals surface area contributed by atoms with Gasteiger partial charge in [-0.1, -0.05) is 12.1 Å². The van der Waals surface area contributed by atoms with Crippen molar-refractivity contribution in [2.75, 3.05) is 24.5 Å². The standard InChI is InChI=1S/C10H12BrN3OS/c1-2-4-14(5-3-13-15)10-6-8(11)9(7-12)16-10/h6H,2-5H2,1H3. The molecule has 0 radical (unpaired) electrons. The van der Waals surface area contributed by atoms with Gasteiger partial charge in [0.25, 0.3) is 0 Å². The van der Waals surface area contributed by atoms with Gasteiger partial charge in [0.1, 0.15) is 10.9 Å². The Morgan fingerprint density at radius 2 is 2.38 bits per heavy atom. The smallest absolute Gasteiger partial charge is 0.121 e. The van der Waals surface area contributed by atoms with E-state index < -0.39 is 0 Å². The molecule has 0 amide bonds. The molecule has 0 fully saturated rings. The van der Waals surface area contributed by atoms with Crippen LogP contribution >= 0.6 is 27.3 Å². The molecule has 1 heterocycles. The van der Waals surface area contributed by atoms with Crippen LogP contribution in [0.2, 0.25) is 0 Å². The lowest BCUT2D eigenvalue weighted by Crippen LogP contribution is -2.25. The van der Waals surface area contributed by atoms with Gasteiger partial charge in [-0.15, -0.1) is 11.3 Å². The van der Waals surface area contributed by atoms with Crippen LogP contribution in [0, 0.1) is 16.2 Å². The summed E-state index contributed by atoms with van der Waals surface area (Å²) in [6, 6.07) is 4.05. The molecule has 16 heavy (non-hydrogen) atoms. The molecule has 0 atom stereocenters. The normalized spacial score (nSPS) is 9.81. The average Bonchev–Trinajstić information content (AvgIpc) is 2.65. The van der Waals surface area contributed by atoms with Crippen molar-refractivity contribution < 1.29 is 0 Å². The van der Waals surface area contributed by atoms with Gasteiger partial charge in [-0.3, -0.25) is 0 Å². The number of rotatable bonds is 6. The molecule has 0 aliphatic rings. The van der Waals surface area contributed by atoms with E-state index in [0.717, 1.165) is 22.4 Å². The van der Waals surface area contributed by atoms with Crippen molar-refractivity contribution in [1.29, 1.82) is 5.26 Å². The predicted molar refractivity (Wildman–Crippen MR) is 69.9 cm³/mol. The molecule has 6 heteroatoms. The Hall–Kier alpha value is -0.930. The summed E-state index contributed by atoms with van der Waals surface area (Å²) >= 11 is 4.77. The molecular formula is C10H12BrN3OS. The molecule has 0 saturated heterocycles. The van der Waals surface area contributed by atoms with Crippen molar-refractivity contribution in [2.45, 2.75) is 13.3 Å². The van der Waals surface area contributed by atoms with Gasteiger partial charge in [-0.25, -0.2) is 0 Å². The topological polar surface area (TPSA) is 56.5 Å². The number of anilines is 1. The molecule has 0 aromatic carbocycles. The molecule has 1 aromatic heterocycles. The fourth-order valence-corrected chi connectivity index (χ4v) is 2.95. The summed E-state index contributed by atoms with van der Waals surface area (Å²) in [5.74, 6) is 0. The van der Waals surface area contributed by atoms with Crippen molar-refractivity contribution in [2.24, 2.45) is 5.18 Å². The zero-order chi connectivity index (χ0) is 12.0. The zero-order valence-corrected chi connectivity index (χ0v) is 11.3. The largest absolute Gasteiger partial charge is 0.361 e. The summed E-state index contributed by atoms with van der Waals surface area (Å²) < 4.78 is 0.815. The average molecular weight is 302 g/mol. The molecule has 0 N–H and O–H groups in total. The summed E-state index contributed by atoms with van der Waals surface area (Å²) in [5, 5.41) is 12.7. The first-order valence-electron chi connectivity index (χ1n) is 4.96. The molecule has 1 rings (SSSR count). The van der Waals surface area contributed by atoms with E-state index in [1.807, 2.05) is 6.07 Å². The molecular weight excluding hydrogens is 290 g/mol. The van der Waals surface area contributed by atoms with Gasteiger partial charge in [0, 0.05) is 17.6 Å². The van der Waals surface area contributed by atoms with E-state index in [0.29, 0.717) is 11.4 Å². The van der Waals surface area contributed by atoms with E-state index in [1.54, 1.807) is 0 Å². The maximum Gasteiger partial charge on any atom is 0.121 e. The molecule has 1 aromatic rings. The lowest BCUT2D eigenvalue weighted by Gasteiger charge is -2.20. The molecule has 0 aliphatic carbocycles. The Kier molecular flexibility index (Phi) is 5.43. The highest BCUT2D eigenvalue weighted by molar-refractivity contribution is 9.10. The van der Waals surface area contributed by atoms with Gasteiger partial charge >= 0.3 is 0 Å². The maximum absolute atomic E-state index is 10.1. The fraction of sp³-hybridized carbons (Fsp3) is 0.500. The predicted octanol–water partition coefficient (Wildman–Crippen LogP) is 3.37. The van der Waals surface area contributed by atoms with E-state index in [4.69, 9.17) is 5.26 Å². The van der Waals surface area contributed by atoms with E-state index in [1.165, 1.54) is 11.3 Å². The Balaban J connectivity index is 2.83. The summed E-state index contributed by atoms with van der Waals surface area (Å²) in [6.45, 7) is 3.83. The molecule has 0 unspecified atom stereocenters. The lowest BCUT2D eigenvalue weighted by atomic mass is 10.4. The molecule has 0 bridgehead atoms. The number of nitrogens with zero attached hydrogens (tertiary/aromatic N) is 3. The monoisotopic (exact) mass is 301 g/mol. The highest BCUT2D eigenvalue weighted by Crippen LogP contribution is 2.33. The summed E-state index contributed by atoms with van der Waals surface area (Å²) in [6.07, 6.45) is 0.996. The third-order valence-electron chi connectivity index (χ3n) is 2.04. The second kappa shape index (κ2) is 6.61. The highest BCUT2D eigenvalue weighted by Gasteiger charge is 2.12. The molecule has 0 saturated carbocycles. The Morgan fingerprint density at radius 3 is 2.88 bits per heavy atom. The molecule has 4 nitrogen and oxygen atoms in total. The Labute approximate surface area is 107 Å². The van der Waals surface area contributed by atoms with Crippen LogP contribution in [0.3, 0.4) is 0 Å². The van der Waals surface area contributed by atoms with Crippen LogP contribution < -0.4 is 4.90 Å². The van der Waals surface area contributed by atoms with Crippen LogP contribution in [0.25, 0.3) is 0 Å². The van der Waals surface area contributed by atoms with E-state index in [9.17, 15) is 4.91 Å². The van der Waals surface area contributed by atoms with Crippen LogP contribution in [0.5, 0.6) is 0 Å². The van der Waals surface area contributed by atoms with Gasteiger partial charge in [-0.05, 0) is 28.4 Å². The summed E-state index contributed by atoms with van der Waals surface area (Å²) in [4.78, 5) is 12.9. The van der Waals surface area contributed by atoms with Crippen LogP contribution in [-0.4, -0.2) is 19.6 Å².